The van der Waals surface area contributed by atoms with Crippen LogP contribution < -0.4 is 10.1 Å². The molecule has 0 unspecified atom stereocenters. The average Bonchev–Trinajstić information content (AvgIpc) is 2.40. The molecule has 0 aliphatic heterocycles. The molecule has 2 aromatic carbocycles. The summed E-state index contributed by atoms with van der Waals surface area (Å²) in [6, 6.07) is 9.85. The Bertz CT molecular complexity index is 587. The fourth-order valence-electron chi connectivity index (χ4n) is 1.69. The number of benzene rings is 2. The zero-order valence-corrected chi connectivity index (χ0v) is 11.1. The van der Waals surface area contributed by atoms with E-state index in [0.29, 0.717) is 22.9 Å². The summed E-state index contributed by atoms with van der Waals surface area (Å²) in [4.78, 5) is 0. The van der Waals surface area contributed by atoms with Crippen molar-refractivity contribution < 1.29 is 14.9 Å². The lowest BCUT2D eigenvalue weighted by molar-refractivity contribution is 0.373. The van der Waals surface area contributed by atoms with Gasteiger partial charge in [-0.05, 0) is 30.3 Å². The number of ether oxygens (including phenoxy) is 1. The molecule has 0 saturated carbocycles. The van der Waals surface area contributed by atoms with Gasteiger partial charge >= 0.3 is 0 Å². The van der Waals surface area contributed by atoms with E-state index in [1.165, 1.54) is 7.11 Å². The van der Waals surface area contributed by atoms with Gasteiger partial charge in [0.15, 0.2) is 11.5 Å². The minimum atomic E-state index is 0.0582. The first-order valence-electron chi connectivity index (χ1n) is 5.68. The number of anilines is 1. The molecule has 0 aromatic heterocycles. The van der Waals surface area contributed by atoms with Crippen LogP contribution in [0.5, 0.6) is 17.2 Å². The molecular weight excluding hydrogens is 266 g/mol. The molecule has 0 aliphatic carbocycles. The SMILES string of the molecule is COc1ccc(NCc2cc(Cl)ccc2O)cc1O. The Labute approximate surface area is 116 Å². The monoisotopic (exact) mass is 279 g/mol. The highest BCUT2D eigenvalue weighted by atomic mass is 35.5. The Morgan fingerprint density at radius 2 is 1.89 bits per heavy atom. The van der Waals surface area contributed by atoms with Crippen LogP contribution in [0.1, 0.15) is 5.56 Å². The third-order valence-electron chi connectivity index (χ3n) is 2.70. The number of aromatic hydroxyl groups is 2. The van der Waals surface area contributed by atoms with Gasteiger partial charge in [0.2, 0.25) is 0 Å². The summed E-state index contributed by atoms with van der Waals surface area (Å²) in [6.07, 6.45) is 0. The van der Waals surface area contributed by atoms with E-state index in [9.17, 15) is 10.2 Å². The van der Waals surface area contributed by atoms with Gasteiger partial charge in [0.1, 0.15) is 5.75 Å². The molecule has 3 N–H and O–H groups in total. The summed E-state index contributed by atoms with van der Waals surface area (Å²) >= 11 is 5.87. The first-order chi connectivity index (χ1) is 9.10. The molecule has 0 spiro atoms. The minimum Gasteiger partial charge on any atom is -0.508 e. The zero-order chi connectivity index (χ0) is 13.8. The van der Waals surface area contributed by atoms with Gasteiger partial charge in [-0.15, -0.1) is 0 Å². The van der Waals surface area contributed by atoms with Gasteiger partial charge in [0, 0.05) is 28.9 Å². The molecule has 0 aliphatic rings. The quantitative estimate of drug-likeness (QED) is 0.803. The standard InChI is InChI=1S/C14H14ClNO3/c1-19-14-5-3-11(7-13(14)18)16-8-9-6-10(15)2-4-12(9)17/h2-7,16-18H,8H2,1H3. The van der Waals surface area contributed by atoms with Gasteiger partial charge < -0.3 is 20.3 Å². The van der Waals surface area contributed by atoms with Gasteiger partial charge in [-0.25, -0.2) is 0 Å². The molecular formula is C14H14ClNO3. The third-order valence-corrected chi connectivity index (χ3v) is 2.94. The highest BCUT2D eigenvalue weighted by Crippen LogP contribution is 2.29. The second-order valence-electron chi connectivity index (χ2n) is 4.01. The van der Waals surface area contributed by atoms with E-state index in [2.05, 4.69) is 5.32 Å². The lowest BCUT2D eigenvalue weighted by Gasteiger charge is -2.10. The number of phenols is 2. The molecule has 5 heteroatoms. The summed E-state index contributed by atoms with van der Waals surface area (Å²) in [5.74, 6) is 0.647. The van der Waals surface area contributed by atoms with E-state index in [1.807, 2.05) is 0 Å². The third kappa shape index (κ3) is 3.23. The topological polar surface area (TPSA) is 61.7 Å². The van der Waals surface area contributed by atoms with Crippen LogP contribution in [0.4, 0.5) is 5.69 Å². The van der Waals surface area contributed by atoms with Crippen LogP contribution in [0.15, 0.2) is 36.4 Å². The van der Waals surface area contributed by atoms with E-state index in [0.717, 1.165) is 5.69 Å². The Kier molecular flexibility index (Phi) is 4.02. The predicted molar refractivity (Wildman–Crippen MR) is 75.1 cm³/mol. The maximum Gasteiger partial charge on any atom is 0.160 e. The van der Waals surface area contributed by atoms with Crippen LogP contribution in [0, 0.1) is 0 Å². The van der Waals surface area contributed by atoms with Crippen molar-refractivity contribution in [2.75, 3.05) is 12.4 Å². The van der Waals surface area contributed by atoms with Crippen molar-refractivity contribution in [2.45, 2.75) is 6.54 Å². The molecule has 0 fully saturated rings. The predicted octanol–water partition coefficient (Wildman–Crippen LogP) is 3.37. The van der Waals surface area contributed by atoms with Crippen molar-refractivity contribution in [1.82, 2.24) is 0 Å². The number of phenolic OH excluding ortho intramolecular Hbond substituents is 2. The molecule has 2 aromatic rings. The fourth-order valence-corrected chi connectivity index (χ4v) is 1.89. The number of halogens is 1. The normalized spacial score (nSPS) is 10.2. The second kappa shape index (κ2) is 5.71. The number of hydrogen-bond donors (Lipinski definition) is 3. The van der Waals surface area contributed by atoms with Crippen molar-refractivity contribution in [2.24, 2.45) is 0 Å². The van der Waals surface area contributed by atoms with Crippen LogP contribution in [0.25, 0.3) is 0 Å². The maximum absolute atomic E-state index is 9.68. The summed E-state index contributed by atoms with van der Waals surface area (Å²) in [6.45, 7) is 0.401. The van der Waals surface area contributed by atoms with Crippen molar-refractivity contribution in [3.05, 3.63) is 47.0 Å². The molecule has 100 valence electrons. The van der Waals surface area contributed by atoms with E-state index in [4.69, 9.17) is 16.3 Å². The Hall–Kier alpha value is -2.07. The zero-order valence-electron chi connectivity index (χ0n) is 10.4. The Balaban J connectivity index is 2.10. The largest absolute Gasteiger partial charge is 0.508 e. The smallest absolute Gasteiger partial charge is 0.160 e. The van der Waals surface area contributed by atoms with Gasteiger partial charge in [0.05, 0.1) is 7.11 Å². The van der Waals surface area contributed by atoms with E-state index in [-0.39, 0.29) is 11.5 Å². The fraction of sp³-hybridized carbons (Fsp3) is 0.143. The molecule has 4 nitrogen and oxygen atoms in total. The summed E-state index contributed by atoms with van der Waals surface area (Å²) in [5.41, 5.74) is 1.40. The summed E-state index contributed by atoms with van der Waals surface area (Å²) in [7, 11) is 1.49. The van der Waals surface area contributed by atoms with Crippen LogP contribution in [-0.4, -0.2) is 17.3 Å². The summed E-state index contributed by atoms with van der Waals surface area (Å²) in [5, 5.41) is 23.0. The number of rotatable bonds is 4. The van der Waals surface area contributed by atoms with Crippen LogP contribution >= 0.6 is 11.6 Å². The van der Waals surface area contributed by atoms with Crippen LogP contribution in [0.3, 0.4) is 0 Å². The van der Waals surface area contributed by atoms with Crippen LogP contribution in [-0.2, 0) is 6.54 Å². The Morgan fingerprint density at radius 3 is 2.58 bits per heavy atom. The Morgan fingerprint density at radius 1 is 1.11 bits per heavy atom. The molecule has 0 atom stereocenters. The van der Waals surface area contributed by atoms with Gasteiger partial charge in [-0.1, -0.05) is 11.6 Å². The number of methoxy groups -OCH3 is 1. The van der Waals surface area contributed by atoms with Gasteiger partial charge in [-0.3, -0.25) is 0 Å². The lowest BCUT2D eigenvalue weighted by atomic mass is 10.2. The average molecular weight is 280 g/mol. The molecule has 0 bridgehead atoms. The van der Waals surface area contributed by atoms with Crippen LogP contribution in [0.2, 0.25) is 5.02 Å². The first-order valence-corrected chi connectivity index (χ1v) is 6.06. The molecule has 19 heavy (non-hydrogen) atoms. The first kappa shape index (κ1) is 13.4. The van der Waals surface area contributed by atoms with E-state index in [1.54, 1.807) is 36.4 Å². The molecule has 0 heterocycles. The lowest BCUT2D eigenvalue weighted by Crippen LogP contribution is -1.99. The van der Waals surface area contributed by atoms with Crippen molar-refractivity contribution >= 4 is 17.3 Å². The second-order valence-corrected chi connectivity index (χ2v) is 4.45. The molecule has 0 amide bonds. The van der Waals surface area contributed by atoms with Crippen molar-refractivity contribution in [3.8, 4) is 17.2 Å². The minimum absolute atomic E-state index is 0.0582. The number of hydrogen-bond acceptors (Lipinski definition) is 4. The van der Waals surface area contributed by atoms with E-state index < -0.39 is 0 Å². The maximum atomic E-state index is 9.68. The number of nitrogens with one attached hydrogen (secondary N) is 1. The molecule has 0 radical (unpaired) electrons. The molecule has 0 saturated heterocycles. The highest BCUT2D eigenvalue weighted by Gasteiger charge is 2.04. The molecule has 2 rings (SSSR count). The van der Waals surface area contributed by atoms with E-state index >= 15 is 0 Å². The van der Waals surface area contributed by atoms with Gasteiger partial charge in [-0.2, -0.15) is 0 Å². The van der Waals surface area contributed by atoms with Crippen molar-refractivity contribution in [3.63, 3.8) is 0 Å². The highest BCUT2D eigenvalue weighted by molar-refractivity contribution is 6.30. The van der Waals surface area contributed by atoms with Crippen molar-refractivity contribution in [1.29, 1.82) is 0 Å². The summed E-state index contributed by atoms with van der Waals surface area (Å²) < 4.78 is 4.96. The van der Waals surface area contributed by atoms with Gasteiger partial charge in [0.25, 0.3) is 0 Å².